The van der Waals surface area contributed by atoms with Gasteiger partial charge < -0.3 is 14.4 Å². The molecule has 2 heterocycles. The fourth-order valence-corrected chi connectivity index (χ4v) is 3.06. The molecule has 3 rings (SSSR count). The first-order valence-electron chi connectivity index (χ1n) is 8.06. The maximum absolute atomic E-state index is 12.8. The van der Waals surface area contributed by atoms with E-state index in [9.17, 15) is 4.79 Å². The lowest BCUT2D eigenvalue weighted by atomic mass is 9.99. The molecule has 6 heteroatoms. The summed E-state index contributed by atoms with van der Waals surface area (Å²) < 4.78 is 10.8. The normalized spacial score (nSPS) is 12.9. The molecule has 1 aliphatic rings. The average molecular weight is 337 g/mol. The third kappa shape index (κ3) is 3.41. The van der Waals surface area contributed by atoms with E-state index >= 15 is 0 Å². The number of ether oxygens (including phenoxy) is 2. The van der Waals surface area contributed by atoms with E-state index < -0.39 is 0 Å². The molecule has 0 saturated heterocycles. The number of methoxy groups -OCH3 is 2. The number of carbonyl (C=O) groups is 1. The Morgan fingerprint density at radius 3 is 2.80 bits per heavy atom. The van der Waals surface area contributed by atoms with Crippen molar-refractivity contribution in [1.82, 2.24) is 4.98 Å². The number of hydrogen-bond acceptors (Lipinski definition) is 5. The first-order valence-corrected chi connectivity index (χ1v) is 8.06. The SMILES string of the molecule is COc1cc(OC)c2c(c1)N(C(=O)Cc1ccc(C#N)nc1)CCC2. The van der Waals surface area contributed by atoms with Crippen LogP contribution < -0.4 is 14.4 Å². The molecular weight excluding hydrogens is 318 g/mol. The lowest BCUT2D eigenvalue weighted by molar-refractivity contribution is -0.118. The van der Waals surface area contributed by atoms with Crippen molar-refractivity contribution in [2.24, 2.45) is 0 Å². The molecule has 25 heavy (non-hydrogen) atoms. The number of anilines is 1. The number of rotatable bonds is 4. The Bertz CT molecular complexity index is 825. The summed E-state index contributed by atoms with van der Waals surface area (Å²) >= 11 is 0. The van der Waals surface area contributed by atoms with Gasteiger partial charge in [-0.15, -0.1) is 0 Å². The van der Waals surface area contributed by atoms with Gasteiger partial charge in [0.05, 0.1) is 26.3 Å². The molecule has 1 aromatic heterocycles. The zero-order valence-corrected chi connectivity index (χ0v) is 14.3. The van der Waals surface area contributed by atoms with E-state index in [1.165, 1.54) is 0 Å². The smallest absolute Gasteiger partial charge is 0.231 e. The van der Waals surface area contributed by atoms with Gasteiger partial charge in [-0.2, -0.15) is 5.26 Å². The zero-order valence-electron chi connectivity index (χ0n) is 14.3. The summed E-state index contributed by atoms with van der Waals surface area (Å²) in [6.07, 6.45) is 3.56. The van der Waals surface area contributed by atoms with Crippen LogP contribution in [-0.2, 0) is 17.6 Å². The Hall–Kier alpha value is -3.07. The summed E-state index contributed by atoms with van der Waals surface area (Å²) in [5.41, 5.74) is 3.00. The molecule has 1 aliphatic heterocycles. The van der Waals surface area contributed by atoms with Gasteiger partial charge in [-0.3, -0.25) is 4.79 Å². The predicted molar refractivity (Wildman–Crippen MR) is 92.9 cm³/mol. The predicted octanol–water partition coefficient (Wildman–Crippen LogP) is 2.49. The first-order chi connectivity index (χ1) is 12.2. The van der Waals surface area contributed by atoms with Gasteiger partial charge >= 0.3 is 0 Å². The molecule has 0 atom stereocenters. The molecule has 0 bridgehead atoms. The highest BCUT2D eigenvalue weighted by Gasteiger charge is 2.26. The van der Waals surface area contributed by atoms with Crippen molar-refractivity contribution in [3.63, 3.8) is 0 Å². The second-order valence-corrected chi connectivity index (χ2v) is 5.82. The van der Waals surface area contributed by atoms with Crippen LogP contribution in [0.4, 0.5) is 5.69 Å². The third-order valence-corrected chi connectivity index (χ3v) is 4.31. The van der Waals surface area contributed by atoms with Gasteiger partial charge in [-0.05, 0) is 24.5 Å². The van der Waals surface area contributed by atoms with Crippen LogP contribution in [0.1, 0.15) is 23.2 Å². The number of carbonyl (C=O) groups excluding carboxylic acids is 1. The van der Waals surface area contributed by atoms with E-state index in [-0.39, 0.29) is 12.3 Å². The largest absolute Gasteiger partial charge is 0.497 e. The molecule has 0 aliphatic carbocycles. The highest BCUT2D eigenvalue weighted by atomic mass is 16.5. The molecule has 6 nitrogen and oxygen atoms in total. The van der Waals surface area contributed by atoms with Crippen LogP contribution in [-0.4, -0.2) is 31.7 Å². The molecular formula is C19H19N3O3. The highest BCUT2D eigenvalue weighted by Crippen LogP contribution is 2.38. The highest BCUT2D eigenvalue weighted by molar-refractivity contribution is 5.96. The van der Waals surface area contributed by atoms with Crippen molar-refractivity contribution in [3.05, 3.63) is 47.3 Å². The molecule has 0 spiro atoms. The minimum atomic E-state index is -0.0113. The number of fused-ring (bicyclic) bond motifs is 1. The third-order valence-electron chi connectivity index (χ3n) is 4.31. The van der Waals surface area contributed by atoms with Crippen molar-refractivity contribution in [2.45, 2.75) is 19.3 Å². The van der Waals surface area contributed by atoms with E-state index in [0.717, 1.165) is 35.4 Å². The van der Waals surface area contributed by atoms with Gasteiger partial charge in [0, 0.05) is 30.4 Å². The Morgan fingerprint density at radius 2 is 2.16 bits per heavy atom. The van der Waals surface area contributed by atoms with Crippen LogP contribution in [0.5, 0.6) is 11.5 Å². The Morgan fingerprint density at radius 1 is 1.32 bits per heavy atom. The van der Waals surface area contributed by atoms with Crippen molar-refractivity contribution in [3.8, 4) is 17.6 Å². The zero-order chi connectivity index (χ0) is 17.8. The van der Waals surface area contributed by atoms with Gasteiger partial charge in [0.15, 0.2) is 0 Å². The summed E-state index contributed by atoms with van der Waals surface area (Å²) in [5, 5.41) is 8.81. The molecule has 0 N–H and O–H groups in total. The molecule has 2 aromatic rings. The standard InChI is InChI=1S/C19H19N3O3/c1-24-15-9-17-16(18(10-15)25-2)4-3-7-22(17)19(23)8-13-5-6-14(11-20)21-12-13/h5-6,9-10,12H,3-4,7-8H2,1-2H3. The van der Waals surface area contributed by atoms with E-state index in [0.29, 0.717) is 18.0 Å². The summed E-state index contributed by atoms with van der Waals surface area (Å²) in [7, 11) is 3.22. The summed E-state index contributed by atoms with van der Waals surface area (Å²) in [4.78, 5) is 18.6. The van der Waals surface area contributed by atoms with Crippen LogP contribution in [0, 0.1) is 11.3 Å². The van der Waals surface area contributed by atoms with Gasteiger partial charge in [0.1, 0.15) is 23.3 Å². The minimum absolute atomic E-state index is 0.0113. The van der Waals surface area contributed by atoms with Crippen LogP contribution in [0.25, 0.3) is 0 Å². The molecule has 1 amide bonds. The van der Waals surface area contributed by atoms with Crippen molar-refractivity contribution in [1.29, 1.82) is 5.26 Å². The Kier molecular flexibility index (Phi) is 4.85. The van der Waals surface area contributed by atoms with E-state index in [2.05, 4.69) is 4.98 Å². The molecule has 128 valence electrons. The maximum atomic E-state index is 12.8. The minimum Gasteiger partial charge on any atom is -0.497 e. The fourth-order valence-electron chi connectivity index (χ4n) is 3.06. The maximum Gasteiger partial charge on any atom is 0.231 e. The molecule has 0 radical (unpaired) electrons. The summed E-state index contributed by atoms with van der Waals surface area (Å²) in [6, 6.07) is 9.09. The number of nitriles is 1. The average Bonchev–Trinajstić information content (AvgIpc) is 2.67. The number of hydrogen-bond donors (Lipinski definition) is 0. The number of aromatic nitrogens is 1. The molecule has 0 saturated carbocycles. The van der Waals surface area contributed by atoms with Crippen LogP contribution in [0.3, 0.4) is 0 Å². The lowest BCUT2D eigenvalue weighted by Gasteiger charge is -2.31. The molecule has 1 aromatic carbocycles. The first kappa shape index (κ1) is 16.8. The fraction of sp³-hybridized carbons (Fsp3) is 0.316. The van der Waals surface area contributed by atoms with Crippen LogP contribution in [0.15, 0.2) is 30.5 Å². The lowest BCUT2D eigenvalue weighted by Crippen LogP contribution is -2.36. The van der Waals surface area contributed by atoms with E-state index in [1.54, 1.807) is 37.4 Å². The number of nitrogens with zero attached hydrogens (tertiary/aromatic N) is 3. The number of amides is 1. The summed E-state index contributed by atoms with van der Waals surface area (Å²) in [6.45, 7) is 0.659. The number of benzene rings is 1. The van der Waals surface area contributed by atoms with Gasteiger partial charge in [-0.1, -0.05) is 6.07 Å². The van der Waals surface area contributed by atoms with Crippen molar-refractivity contribution >= 4 is 11.6 Å². The van der Waals surface area contributed by atoms with Gasteiger partial charge in [0.2, 0.25) is 5.91 Å². The second-order valence-electron chi connectivity index (χ2n) is 5.82. The van der Waals surface area contributed by atoms with Gasteiger partial charge in [0.25, 0.3) is 0 Å². The van der Waals surface area contributed by atoms with Crippen LogP contribution in [0.2, 0.25) is 0 Å². The monoisotopic (exact) mass is 337 g/mol. The second kappa shape index (κ2) is 7.22. The van der Waals surface area contributed by atoms with Gasteiger partial charge in [-0.25, -0.2) is 4.98 Å². The summed E-state index contributed by atoms with van der Waals surface area (Å²) in [5.74, 6) is 1.39. The quantitative estimate of drug-likeness (QED) is 0.857. The van der Waals surface area contributed by atoms with Crippen LogP contribution >= 0.6 is 0 Å². The topological polar surface area (TPSA) is 75.5 Å². The molecule has 0 unspecified atom stereocenters. The van der Waals surface area contributed by atoms with E-state index in [4.69, 9.17) is 14.7 Å². The van der Waals surface area contributed by atoms with Crippen molar-refractivity contribution in [2.75, 3.05) is 25.7 Å². The molecule has 0 fully saturated rings. The van der Waals surface area contributed by atoms with Crippen molar-refractivity contribution < 1.29 is 14.3 Å². The van der Waals surface area contributed by atoms with E-state index in [1.807, 2.05) is 18.2 Å². The Balaban J connectivity index is 1.88. The Labute approximate surface area is 146 Å². The number of pyridine rings is 1.